The smallest absolute Gasteiger partial charge is 0.168 e. The van der Waals surface area contributed by atoms with E-state index in [1.165, 1.54) is 0 Å². The van der Waals surface area contributed by atoms with E-state index < -0.39 is 0 Å². The van der Waals surface area contributed by atoms with E-state index in [9.17, 15) is 4.79 Å². The van der Waals surface area contributed by atoms with Gasteiger partial charge in [0.05, 0.1) is 28.5 Å². The number of hydrogen-bond donors (Lipinski definition) is 1. The van der Waals surface area contributed by atoms with Gasteiger partial charge in [-0.1, -0.05) is 29.3 Å². The van der Waals surface area contributed by atoms with E-state index in [1.54, 1.807) is 16.8 Å². The minimum Gasteiger partial charge on any atom is -0.372 e. The molecule has 0 unspecified atom stereocenters. The first-order valence-corrected chi connectivity index (χ1v) is 8.61. The van der Waals surface area contributed by atoms with Gasteiger partial charge in [-0.3, -0.25) is 9.48 Å². The number of halogens is 2. The Labute approximate surface area is 150 Å². The molecule has 1 N–H and O–H groups in total. The van der Waals surface area contributed by atoms with Crippen molar-refractivity contribution in [1.82, 2.24) is 15.1 Å². The monoisotopic (exact) mass is 367 g/mol. The number of aromatic nitrogens is 2. The van der Waals surface area contributed by atoms with Gasteiger partial charge >= 0.3 is 0 Å². The molecule has 1 aromatic heterocycles. The number of carbonyl (C=O) groups is 1. The van der Waals surface area contributed by atoms with E-state index in [2.05, 4.69) is 10.4 Å². The zero-order valence-electron chi connectivity index (χ0n) is 13.3. The molecule has 0 spiro atoms. The summed E-state index contributed by atoms with van der Waals surface area (Å²) >= 11 is 12.2. The number of benzene rings is 1. The maximum Gasteiger partial charge on any atom is 0.168 e. The summed E-state index contributed by atoms with van der Waals surface area (Å²) < 4.78 is 7.80. The Balaban J connectivity index is 1.89. The lowest BCUT2D eigenvalue weighted by atomic mass is 9.95. The summed E-state index contributed by atoms with van der Waals surface area (Å²) in [6.45, 7) is 4.62. The minimum absolute atomic E-state index is 0.114. The summed E-state index contributed by atoms with van der Waals surface area (Å²) in [6, 6.07) is 7.35. The highest BCUT2D eigenvalue weighted by atomic mass is 35.5. The molecule has 24 heavy (non-hydrogen) atoms. The van der Waals surface area contributed by atoms with Crippen molar-refractivity contribution in [2.24, 2.45) is 5.92 Å². The standard InChI is InChI=1S/C17H19Cl2N3O2/c1-11-6-14(10-23)22(21-11)9-13-8-20-4-5-24-17(13)12-2-3-15(18)16(19)7-12/h2-3,6-7,10,13,17,20H,4-5,8-9H2,1H3/t13-,17-/m0/s1. The molecular weight excluding hydrogens is 349 g/mol. The Morgan fingerprint density at radius 3 is 2.96 bits per heavy atom. The zero-order chi connectivity index (χ0) is 17.1. The molecule has 2 aromatic rings. The highest BCUT2D eigenvalue weighted by Crippen LogP contribution is 2.33. The molecule has 5 nitrogen and oxygen atoms in total. The molecule has 3 rings (SSSR count). The topological polar surface area (TPSA) is 56.2 Å². The number of nitrogens with zero attached hydrogens (tertiary/aromatic N) is 2. The van der Waals surface area contributed by atoms with Crippen molar-refractivity contribution < 1.29 is 9.53 Å². The van der Waals surface area contributed by atoms with Gasteiger partial charge in [-0.25, -0.2) is 0 Å². The van der Waals surface area contributed by atoms with E-state index >= 15 is 0 Å². The van der Waals surface area contributed by atoms with E-state index in [1.807, 2.05) is 19.1 Å². The Bertz CT molecular complexity index is 733. The average molecular weight is 368 g/mol. The zero-order valence-corrected chi connectivity index (χ0v) is 14.8. The number of aldehydes is 1. The summed E-state index contributed by atoms with van der Waals surface area (Å²) in [5.41, 5.74) is 2.38. The van der Waals surface area contributed by atoms with Crippen LogP contribution in [0.3, 0.4) is 0 Å². The fourth-order valence-corrected chi connectivity index (χ4v) is 3.34. The maximum absolute atomic E-state index is 11.2. The molecule has 1 fully saturated rings. The molecule has 1 aliphatic rings. The molecule has 0 amide bonds. The molecule has 1 saturated heterocycles. The molecule has 2 heterocycles. The SMILES string of the molecule is Cc1cc(C=O)n(C[C@@H]2CNCCO[C@H]2c2ccc(Cl)c(Cl)c2)n1. The van der Waals surface area contributed by atoms with Gasteiger partial charge in [-0.2, -0.15) is 5.10 Å². The Morgan fingerprint density at radius 2 is 2.21 bits per heavy atom. The van der Waals surface area contributed by atoms with Crippen molar-refractivity contribution in [3.8, 4) is 0 Å². The molecule has 1 aromatic carbocycles. The van der Waals surface area contributed by atoms with E-state index in [0.717, 1.165) is 30.6 Å². The van der Waals surface area contributed by atoms with Gasteiger partial charge in [0.2, 0.25) is 0 Å². The van der Waals surface area contributed by atoms with Crippen LogP contribution in [-0.2, 0) is 11.3 Å². The summed E-state index contributed by atoms with van der Waals surface area (Å²) in [7, 11) is 0. The van der Waals surface area contributed by atoms with Crippen LogP contribution in [-0.4, -0.2) is 35.8 Å². The van der Waals surface area contributed by atoms with Gasteiger partial charge < -0.3 is 10.1 Å². The molecule has 128 valence electrons. The summed E-state index contributed by atoms with van der Waals surface area (Å²) in [5.74, 6) is 0.114. The molecule has 0 bridgehead atoms. The predicted octanol–water partition coefficient (Wildman–Crippen LogP) is 3.29. The van der Waals surface area contributed by atoms with E-state index in [0.29, 0.717) is 28.9 Å². The van der Waals surface area contributed by atoms with E-state index in [4.69, 9.17) is 27.9 Å². The highest BCUT2D eigenvalue weighted by molar-refractivity contribution is 6.42. The number of nitrogens with one attached hydrogen (secondary N) is 1. The number of aryl methyl sites for hydroxylation is 1. The van der Waals surface area contributed by atoms with Gasteiger partial charge in [0.1, 0.15) is 5.69 Å². The molecule has 2 atom stereocenters. The first kappa shape index (κ1) is 17.4. The van der Waals surface area contributed by atoms with Crippen molar-refractivity contribution in [1.29, 1.82) is 0 Å². The number of carbonyl (C=O) groups excluding carboxylic acids is 1. The third-order valence-corrected chi connectivity index (χ3v) is 4.88. The molecule has 0 saturated carbocycles. The van der Waals surface area contributed by atoms with Crippen molar-refractivity contribution >= 4 is 29.5 Å². The van der Waals surface area contributed by atoms with Crippen LogP contribution in [0.15, 0.2) is 24.3 Å². The molecule has 7 heteroatoms. The lowest BCUT2D eigenvalue weighted by molar-refractivity contribution is 0.0241. The third kappa shape index (κ3) is 3.81. The van der Waals surface area contributed by atoms with Crippen molar-refractivity contribution in [3.63, 3.8) is 0 Å². The Kier molecular flexibility index (Phi) is 5.56. The molecule has 0 radical (unpaired) electrons. The fourth-order valence-electron chi connectivity index (χ4n) is 3.04. The summed E-state index contributed by atoms with van der Waals surface area (Å²) in [4.78, 5) is 11.2. The average Bonchev–Trinajstić information content (AvgIpc) is 2.77. The van der Waals surface area contributed by atoms with Gasteiger partial charge in [0.25, 0.3) is 0 Å². The van der Waals surface area contributed by atoms with Crippen LogP contribution in [0.25, 0.3) is 0 Å². The number of rotatable bonds is 4. The lowest BCUT2D eigenvalue weighted by Crippen LogP contribution is -2.29. The quantitative estimate of drug-likeness (QED) is 0.842. The second-order valence-electron chi connectivity index (χ2n) is 5.94. The second kappa shape index (κ2) is 7.66. The molecule has 1 aliphatic heterocycles. The van der Waals surface area contributed by atoms with E-state index in [-0.39, 0.29) is 12.0 Å². The van der Waals surface area contributed by atoms with Gasteiger partial charge in [-0.15, -0.1) is 0 Å². The Hall–Kier alpha value is -1.40. The van der Waals surface area contributed by atoms with Crippen LogP contribution >= 0.6 is 23.2 Å². The predicted molar refractivity (Wildman–Crippen MR) is 93.9 cm³/mol. The van der Waals surface area contributed by atoms with Crippen LogP contribution < -0.4 is 5.32 Å². The third-order valence-electron chi connectivity index (χ3n) is 4.14. The number of hydrogen-bond acceptors (Lipinski definition) is 4. The Morgan fingerprint density at radius 1 is 1.38 bits per heavy atom. The van der Waals surface area contributed by atoms with Crippen molar-refractivity contribution in [2.75, 3.05) is 19.7 Å². The summed E-state index contributed by atoms with van der Waals surface area (Å²) in [6.07, 6.45) is 0.692. The maximum atomic E-state index is 11.2. The largest absolute Gasteiger partial charge is 0.372 e. The van der Waals surface area contributed by atoms with Crippen molar-refractivity contribution in [3.05, 3.63) is 51.3 Å². The van der Waals surface area contributed by atoms with Crippen molar-refractivity contribution in [2.45, 2.75) is 19.6 Å². The lowest BCUT2D eigenvalue weighted by Gasteiger charge is -2.25. The normalized spacial score (nSPS) is 21.5. The van der Waals surface area contributed by atoms with Crippen LogP contribution in [0.5, 0.6) is 0 Å². The van der Waals surface area contributed by atoms with Crippen LogP contribution in [0.4, 0.5) is 0 Å². The van der Waals surface area contributed by atoms with Crippen LogP contribution in [0.2, 0.25) is 10.0 Å². The minimum atomic E-state index is -0.140. The summed E-state index contributed by atoms with van der Waals surface area (Å²) in [5, 5.41) is 8.83. The first-order chi connectivity index (χ1) is 11.6. The number of ether oxygens (including phenoxy) is 1. The van der Waals surface area contributed by atoms with Crippen LogP contribution in [0, 0.1) is 12.8 Å². The highest BCUT2D eigenvalue weighted by Gasteiger charge is 2.28. The van der Waals surface area contributed by atoms with Gasteiger partial charge in [0, 0.05) is 25.6 Å². The fraction of sp³-hybridized carbons (Fsp3) is 0.412. The van der Waals surface area contributed by atoms with Crippen LogP contribution in [0.1, 0.15) is 27.8 Å². The molecule has 0 aliphatic carbocycles. The van der Waals surface area contributed by atoms with Gasteiger partial charge in [0.15, 0.2) is 6.29 Å². The van der Waals surface area contributed by atoms with Gasteiger partial charge in [-0.05, 0) is 30.7 Å². The molecular formula is C17H19Cl2N3O2. The second-order valence-corrected chi connectivity index (χ2v) is 6.75. The first-order valence-electron chi connectivity index (χ1n) is 7.85.